The first-order valence-electron chi connectivity index (χ1n) is 10.7. The Kier molecular flexibility index (Phi) is 6.90. The number of aromatic nitrogens is 1. The molecule has 1 atom stereocenters. The third-order valence-corrected chi connectivity index (χ3v) is 6.98. The van der Waals surface area contributed by atoms with Gasteiger partial charge in [-0.3, -0.25) is 4.79 Å². The lowest BCUT2D eigenvalue weighted by atomic mass is 10.0. The van der Waals surface area contributed by atoms with Crippen LogP contribution in [0.25, 0.3) is 22.2 Å². The van der Waals surface area contributed by atoms with E-state index < -0.39 is 27.9 Å². The van der Waals surface area contributed by atoms with Crippen molar-refractivity contribution in [2.75, 3.05) is 14.2 Å². The highest BCUT2D eigenvalue weighted by Crippen LogP contribution is 2.34. The lowest BCUT2D eigenvalue weighted by Crippen LogP contribution is -2.36. The number of hydrogen-bond donors (Lipinski definition) is 2. The van der Waals surface area contributed by atoms with Crippen molar-refractivity contribution in [3.8, 4) is 11.3 Å². The first kappa shape index (κ1) is 24.1. The van der Waals surface area contributed by atoms with Crippen LogP contribution in [0.5, 0.6) is 0 Å². The number of amides is 1. The number of benzene rings is 3. The number of pyridine rings is 1. The molecule has 4 rings (SSSR count). The molecule has 1 unspecified atom stereocenters. The number of para-hydroxylation sites is 1. The molecule has 0 bridgehead atoms. The number of fused-ring (bicyclic) bond motifs is 1. The third-order valence-electron chi connectivity index (χ3n) is 5.50. The molecule has 1 aromatic heterocycles. The predicted octanol–water partition coefficient (Wildman–Crippen LogP) is 3.45. The number of hydrogen-bond acceptors (Lipinski definition) is 6. The Morgan fingerprint density at radius 1 is 0.886 bits per heavy atom. The van der Waals surface area contributed by atoms with Crippen LogP contribution in [0, 0.1) is 0 Å². The standard InChI is InChI=1S/C26H23N3O5S/c1-27-35(32,33)24-21(25(30)29-23(26(31)34-2)18-13-7-4-8-14-18)19-15-9-10-16-20(19)28-22(24)17-11-5-3-6-12-17/h3-16,23,27H,1-2H3,(H,29,30). The zero-order chi connectivity index (χ0) is 25.0. The summed E-state index contributed by atoms with van der Waals surface area (Å²) < 4.78 is 33.8. The predicted molar refractivity (Wildman–Crippen MR) is 132 cm³/mol. The largest absolute Gasteiger partial charge is 0.467 e. The molecule has 35 heavy (non-hydrogen) atoms. The molecule has 0 aliphatic heterocycles. The normalized spacial score (nSPS) is 12.2. The van der Waals surface area contributed by atoms with E-state index in [-0.39, 0.29) is 16.2 Å². The average Bonchev–Trinajstić information content (AvgIpc) is 2.91. The maximum atomic E-state index is 13.8. The number of carbonyl (C=O) groups excluding carboxylic acids is 2. The minimum atomic E-state index is -4.16. The van der Waals surface area contributed by atoms with Crippen LogP contribution in [-0.2, 0) is 19.6 Å². The molecule has 0 fully saturated rings. The first-order chi connectivity index (χ1) is 16.9. The maximum Gasteiger partial charge on any atom is 0.333 e. The van der Waals surface area contributed by atoms with Gasteiger partial charge in [0.1, 0.15) is 4.90 Å². The molecule has 0 aliphatic rings. The smallest absolute Gasteiger partial charge is 0.333 e. The second-order valence-corrected chi connectivity index (χ2v) is 9.42. The van der Waals surface area contributed by atoms with Crippen molar-refractivity contribution in [2.24, 2.45) is 0 Å². The molecule has 0 aliphatic carbocycles. The SMILES string of the molecule is CNS(=O)(=O)c1c(-c2ccccc2)nc2ccccc2c1C(=O)NC(C(=O)OC)c1ccccc1. The number of methoxy groups -OCH3 is 1. The zero-order valence-corrected chi connectivity index (χ0v) is 19.9. The molecule has 8 nitrogen and oxygen atoms in total. The van der Waals surface area contributed by atoms with Crippen LogP contribution in [-0.4, -0.2) is 39.4 Å². The number of ether oxygens (including phenoxy) is 1. The number of nitrogens with one attached hydrogen (secondary N) is 2. The van der Waals surface area contributed by atoms with Crippen molar-refractivity contribution < 1.29 is 22.7 Å². The van der Waals surface area contributed by atoms with E-state index >= 15 is 0 Å². The number of esters is 1. The monoisotopic (exact) mass is 489 g/mol. The molecule has 1 heterocycles. The zero-order valence-electron chi connectivity index (χ0n) is 19.1. The van der Waals surface area contributed by atoms with Crippen LogP contribution in [0.15, 0.2) is 89.8 Å². The fourth-order valence-electron chi connectivity index (χ4n) is 3.82. The number of carbonyl (C=O) groups is 2. The van der Waals surface area contributed by atoms with E-state index in [1.165, 1.54) is 14.2 Å². The van der Waals surface area contributed by atoms with Crippen molar-refractivity contribution in [3.63, 3.8) is 0 Å². The van der Waals surface area contributed by atoms with Crippen molar-refractivity contribution in [1.82, 2.24) is 15.0 Å². The number of sulfonamides is 1. The van der Waals surface area contributed by atoms with Gasteiger partial charge in [0.25, 0.3) is 5.91 Å². The topological polar surface area (TPSA) is 114 Å². The Morgan fingerprint density at radius 3 is 2.11 bits per heavy atom. The molecule has 1 amide bonds. The molecule has 0 spiro atoms. The average molecular weight is 490 g/mol. The summed E-state index contributed by atoms with van der Waals surface area (Å²) in [5, 5.41) is 3.00. The quantitative estimate of drug-likeness (QED) is 0.384. The highest BCUT2D eigenvalue weighted by Gasteiger charge is 2.32. The Labute approximate surface area is 203 Å². The van der Waals surface area contributed by atoms with Gasteiger partial charge in [-0.2, -0.15) is 0 Å². The summed E-state index contributed by atoms with van der Waals surface area (Å²) in [6.07, 6.45) is 0. The summed E-state index contributed by atoms with van der Waals surface area (Å²) in [6.45, 7) is 0. The first-order valence-corrected chi connectivity index (χ1v) is 12.2. The van der Waals surface area contributed by atoms with Gasteiger partial charge in [0.2, 0.25) is 10.0 Å². The van der Waals surface area contributed by atoms with E-state index in [0.717, 1.165) is 0 Å². The van der Waals surface area contributed by atoms with Crippen molar-refractivity contribution in [3.05, 3.63) is 96.1 Å². The van der Waals surface area contributed by atoms with E-state index in [4.69, 9.17) is 4.74 Å². The van der Waals surface area contributed by atoms with Gasteiger partial charge in [-0.25, -0.2) is 22.9 Å². The van der Waals surface area contributed by atoms with Crippen molar-refractivity contribution in [2.45, 2.75) is 10.9 Å². The van der Waals surface area contributed by atoms with Crippen LogP contribution in [0.4, 0.5) is 0 Å². The van der Waals surface area contributed by atoms with Crippen LogP contribution in [0.1, 0.15) is 22.0 Å². The summed E-state index contributed by atoms with van der Waals surface area (Å²) in [4.78, 5) is 30.7. The molecule has 2 N–H and O–H groups in total. The highest BCUT2D eigenvalue weighted by molar-refractivity contribution is 7.89. The van der Waals surface area contributed by atoms with E-state index in [2.05, 4.69) is 15.0 Å². The number of nitrogens with zero attached hydrogens (tertiary/aromatic N) is 1. The summed E-state index contributed by atoms with van der Waals surface area (Å²) in [7, 11) is -1.67. The highest BCUT2D eigenvalue weighted by atomic mass is 32.2. The minimum absolute atomic E-state index is 0.117. The molecule has 0 radical (unpaired) electrons. The lowest BCUT2D eigenvalue weighted by Gasteiger charge is -2.20. The van der Waals surface area contributed by atoms with Crippen molar-refractivity contribution >= 4 is 32.8 Å². The molecule has 3 aromatic carbocycles. The maximum absolute atomic E-state index is 13.8. The molecule has 9 heteroatoms. The lowest BCUT2D eigenvalue weighted by molar-refractivity contribution is -0.143. The Bertz CT molecular complexity index is 1490. The van der Waals surface area contributed by atoms with E-state index in [1.807, 2.05) is 0 Å². The molecule has 4 aromatic rings. The Hall–Kier alpha value is -4.08. The van der Waals surface area contributed by atoms with Gasteiger partial charge >= 0.3 is 5.97 Å². The summed E-state index contributed by atoms with van der Waals surface area (Å²) in [5.74, 6) is -1.45. The molecule has 0 saturated heterocycles. The van der Waals surface area contributed by atoms with Crippen LogP contribution in [0.2, 0.25) is 0 Å². The molecule has 0 saturated carbocycles. The Morgan fingerprint density at radius 2 is 1.49 bits per heavy atom. The van der Waals surface area contributed by atoms with Gasteiger partial charge in [0, 0.05) is 10.9 Å². The third kappa shape index (κ3) is 4.77. The van der Waals surface area contributed by atoms with E-state index in [0.29, 0.717) is 22.0 Å². The second-order valence-electron chi connectivity index (χ2n) is 7.60. The molecule has 178 valence electrons. The number of rotatable bonds is 7. The minimum Gasteiger partial charge on any atom is -0.467 e. The van der Waals surface area contributed by atoms with Gasteiger partial charge in [0.05, 0.1) is 23.9 Å². The summed E-state index contributed by atoms with van der Waals surface area (Å²) >= 11 is 0. The van der Waals surface area contributed by atoms with Gasteiger partial charge < -0.3 is 10.1 Å². The second kappa shape index (κ2) is 10.0. The van der Waals surface area contributed by atoms with E-state index in [9.17, 15) is 18.0 Å². The van der Waals surface area contributed by atoms with E-state index in [1.54, 1.807) is 84.9 Å². The summed E-state index contributed by atoms with van der Waals surface area (Å²) in [5.41, 5.74) is 1.45. The van der Waals surface area contributed by atoms with Crippen LogP contribution in [0.3, 0.4) is 0 Å². The van der Waals surface area contributed by atoms with Gasteiger partial charge in [0.15, 0.2) is 6.04 Å². The fraction of sp³-hybridized carbons (Fsp3) is 0.115. The van der Waals surface area contributed by atoms with Crippen molar-refractivity contribution in [1.29, 1.82) is 0 Å². The van der Waals surface area contributed by atoms with Crippen LogP contribution >= 0.6 is 0 Å². The Balaban J connectivity index is 1.99. The fourth-order valence-corrected chi connectivity index (χ4v) is 4.91. The molecular weight excluding hydrogens is 466 g/mol. The van der Waals surface area contributed by atoms with Crippen LogP contribution < -0.4 is 10.0 Å². The van der Waals surface area contributed by atoms with Gasteiger partial charge in [-0.05, 0) is 18.7 Å². The molecular formula is C26H23N3O5S. The summed E-state index contributed by atoms with van der Waals surface area (Å²) in [6, 6.07) is 22.9. The van der Waals surface area contributed by atoms with Gasteiger partial charge in [-0.15, -0.1) is 0 Å². The van der Waals surface area contributed by atoms with Gasteiger partial charge in [-0.1, -0.05) is 78.9 Å².